The van der Waals surface area contributed by atoms with Gasteiger partial charge in [-0.2, -0.15) is 0 Å². The maximum Gasteiger partial charge on any atom is 0.321 e. The molecule has 4 aromatic rings. The Kier molecular flexibility index (Phi) is 7.52. The number of nitrogens with one attached hydrogen (secondary N) is 1. The quantitative estimate of drug-likeness (QED) is 0.319. The second-order valence-corrected chi connectivity index (χ2v) is 9.29. The van der Waals surface area contributed by atoms with Crippen molar-refractivity contribution in [3.8, 4) is 11.5 Å². The normalized spacial score (nSPS) is 16.5. The number of carboxylic acids is 1. The second-order valence-electron chi connectivity index (χ2n) is 9.29. The van der Waals surface area contributed by atoms with Crippen LogP contribution < -0.4 is 14.8 Å². The molecule has 4 aromatic carbocycles. The standard InChI is InChI=1S/C32H29NO5/c1-37-27-18-17-24-25(31(27)38-20-21-11-5-2-6-12-21)19-26(32(35)36)33-29(24)30(34)28(22-13-7-3-8-14-22)23-15-9-4-10-16-23/h2-18,26,28-29,33H,19-20H2,1H3,(H,35,36). The van der Waals surface area contributed by atoms with E-state index in [2.05, 4.69) is 5.32 Å². The molecule has 1 aliphatic heterocycles. The van der Waals surface area contributed by atoms with Crippen molar-refractivity contribution in [1.29, 1.82) is 0 Å². The van der Waals surface area contributed by atoms with Crippen LogP contribution in [0.15, 0.2) is 103 Å². The van der Waals surface area contributed by atoms with Crippen LogP contribution in [0.3, 0.4) is 0 Å². The summed E-state index contributed by atoms with van der Waals surface area (Å²) < 4.78 is 11.8. The van der Waals surface area contributed by atoms with Crippen LogP contribution in [0.2, 0.25) is 0 Å². The number of ether oxygens (including phenoxy) is 2. The summed E-state index contributed by atoms with van der Waals surface area (Å²) >= 11 is 0. The second kappa shape index (κ2) is 11.3. The summed E-state index contributed by atoms with van der Waals surface area (Å²) in [5, 5.41) is 13.1. The van der Waals surface area contributed by atoms with Gasteiger partial charge in [0.05, 0.1) is 19.1 Å². The van der Waals surface area contributed by atoms with Gasteiger partial charge in [0.15, 0.2) is 17.3 Å². The molecule has 0 spiro atoms. The Bertz CT molecular complexity index is 1370. The van der Waals surface area contributed by atoms with Gasteiger partial charge in [0.25, 0.3) is 0 Å². The molecule has 2 atom stereocenters. The van der Waals surface area contributed by atoms with Crippen LogP contribution in [0.25, 0.3) is 0 Å². The summed E-state index contributed by atoms with van der Waals surface area (Å²) in [5.41, 5.74) is 4.03. The Morgan fingerprint density at radius 3 is 2.00 bits per heavy atom. The van der Waals surface area contributed by atoms with E-state index >= 15 is 0 Å². The number of methoxy groups -OCH3 is 1. The SMILES string of the molecule is COc1ccc2c(c1OCc1ccccc1)CC(C(=O)O)NC2C(=O)C(c1ccccc1)c1ccccc1. The van der Waals surface area contributed by atoms with Crippen LogP contribution in [-0.2, 0) is 22.6 Å². The fourth-order valence-electron chi connectivity index (χ4n) is 5.08. The highest BCUT2D eigenvalue weighted by Gasteiger charge is 2.40. The molecule has 0 saturated heterocycles. The molecule has 6 heteroatoms. The van der Waals surface area contributed by atoms with E-state index in [9.17, 15) is 14.7 Å². The molecule has 2 unspecified atom stereocenters. The number of ketones is 1. The van der Waals surface area contributed by atoms with Crippen molar-refractivity contribution in [2.75, 3.05) is 7.11 Å². The predicted molar refractivity (Wildman–Crippen MR) is 145 cm³/mol. The van der Waals surface area contributed by atoms with Crippen LogP contribution in [0.1, 0.15) is 39.8 Å². The maximum absolute atomic E-state index is 14.3. The highest BCUT2D eigenvalue weighted by Crippen LogP contribution is 2.42. The molecular formula is C32H29NO5. The van der Waals surface area contributed by atoms with Gasteiger partial charge >= 0.3 is 5.97 Å². The van der Waals surface area contributed by atoms with E-state index < -0.39 is 24.0 Å². The summed E-state index contributed by atoms with van der Waals surface area (Å²) in [5.74, 6) is -0.768. The molecule has 5 rings (SSSR count). The first-order chi connectivity index (χ1) is 18.6. The number of aliphatic carboxylic acids is 1. The number of carbonyl (C=O) groups is 2. The number of fused-ring (bicyclic) bond motifs is 1. The van der Waals surface area contributed by atoms with Gasteiger partial charge in [0.1, 0.15) is 12.6 Å². The summed E-state index contributed by atoms with van der Waals surface area (Å²) in [6.07, 6.45) is 0.164. The van der Waals surface area contributed by atoms with Crippen LogP contribution in [-0.4, -0.2) is 30.0 Å². The fraction of sp³-hybridized carbons (Fsp3) is 0.188. The third-order valence-corrected chi connectivity index (χ3v) is 6.93. The number of benzene rings is 4. The summed E-state index contributed by atoms with van der Waals surface area (Å²) in [7, 11) is 1.55. The lowest BCUT2D eigenvalue weighted by molar-refractivity contribution is -0.140. The van der Waals surface area contributed by atoms with E-state index in [-0.39, 0.29) is 18.8 Å². The van der Waals surface area contributed by atoms with Crippen molar-refractivity contribution in [1.82, 2.24) is 5.32 Å². The first-order valence-corrected chi connectivity index (χ1v) is 12.6. The number of hydrogen-bond acceptors (Lipinski definition) is 5. The average molecular weight is 508 g/mol. The number of carboxylic acid groups (broad SMARTS) is 1. The third kappa shape index (κ3) is 5.17. The topological polar surface area (TPSA) is 84.9 Å². The van der Waals surface area contributed by atoms with Gasteiger partial charge in [0, 0.05) is 12.0 Å². The van der Waals surface area contributed by atoms with Crippen molar-refractivity contribution >= 4 is 11.8 Å². The summed E-state index contributed by atoms with van der Waals surface area (Å²) in [6, 6.07) is 30.7. The van der Waals surface area contributed by atoms with E-state index in [4.69, 9.17) is 9.47 Å². The van der Waals surface area contributed by atoms with Crippen molar-refractivity contribution in [2.24, 2.45) is 0 Å². The van der Waals surface area contributed by atoms with Crippen LogP contribution in [0.5, 0.6) is 11.5 Å². The molecule has 0 bridgehead atoms. The Labute approximate surface area is 221 Å². The van der Waals surface area contributed by atoms with Gasteiger partial charge in [0.2, 0.25) is 0 Å². The monoisotopic (exact) mass is 507 g/mol. The van der Waals surface area contributed by atoms with Crippen molar-refractivity contribution < 1.29 is 24.2 Å². The number of Topliss-reactive ketones (excluding diaryl/α,β-unsaturated/α-hetero) is 1. The molecule has 1 heterocycles. The fourth-order valence-corrected chi connectivity index (χ4v) is 5.08. The zero-order chi connectivity index (χ0) is 26.5. The largest absolute Gasteiger partial charge is 0.493 e. The lowest BCUT2D eigenvalue weighted by atomic mass is 9.79. The van der Waals surface area contributed by atoms with Gasteiger partial charge in [-0.3, -0.25) is 14.9 Å². The number of rotatable bonds is 9. The zero-order valence-corrected chi connectivity index (χ0v) is 21.0. The Hall–Kier alpha value is -4.42. The molecule has 0 fully saturated rings. The van der Waals surface area contributed by atoms with Crippen LogP contribution in [0, 0.1) is 0 Å². The molecule has 0 amide bonds. The minimum atomic E-state index is -1.03. The van der Waals surface area contributed by atoms with Crippen LogP contribution >= 0.6 is 0 Å². The molecule has 2 N–H and O–H groups in total. The molecule has 6 nitrogen and oxygen atoms in total. The number of carbonyl (C=O) groups excluding carboxylic acids is 1. The Balaban J connectivity index is 1.59. The van der Waals surface area contributed by atoms with Gasteiger partial charge < -0.3 is 14.6 Å². The summed E-state index contributed by atoms with van der Waals surface area (Å²) in [4.78, 5) is 26.6. The lowest BCUT2D eigenvalue weighted by Gasteiger charge is -2.34. The van der Waals surface area contributed by atoms with Crippen molar-refractivity contribution in [2.45, 2.75) is 31.0 Å². The minimum absolute atomic E-state index is 0.131. The zero-order valence-electron chi connectivity index (χ0n) is 21.0. The van der Waals surface area contributed by atoms with Crippen molar-refractivity contribution in [3.05, 3.63) is 131 Å². The van der Waals surface area contributed by atoms with Gasteiger partial charge in [-0.15, -0.1) is 0 Å². The van der Waals surface area contributed by atoms with Crippen LogP contribution in [0.4, 0.5) is 0 Å². The first kappa shape index (κ1) is 25.2. The molecular weight excluding hydrogens is 478 g/mol. The van der Waals surface area contributed by atoms with E-state index in [1.165, 1.54) is 0 Å². The van der Waals surface area contributed by atoms with Gasteiger partial charge in [-0.1, -0.05) is 97.1 Å². The van der Waals surface area contributed by atoms with E-state index in [0.29, 0.717) is 22.6 Å². The molecule has 0 aromatic heterocycles. The van der Waals surface area contributed by atoms with Crippen molar-refractivity contribution in [3.63, 3.8) is 0 Å². The Morgan fingerprint density at radius 1 is 0.868 bits per heavy atom. The lowest BCUT2D eigenvalue weighted by Crippen LogP contribution is -2.48. The van der Waals surface area contributed by atoms with Gasteiger partial charge in [-0.05, 0) is 28.3 Å². The average Bonchev–Trinajstić information content (AvgIpc) is 2.97. The van der Waals surface area contributed by atoms with E-state index in [1.807, 2.05) is 97.1 Å². The molecule has 1 aliphatic rings. The third-order valence-electron chi connectivity index (χ3n) is 6.93. The molecule has 0 radical (unpaired) electrons. The first-order valence-electron chi connectivity index (χ1n) is 12.6. The molecule has 0 saturated carbocycles. The minimum Gasteiger partial charge on any atom is -0.493 e. The molecule has 38 heavy (non-hydrogen) atoms. The van der Waals surface area contributed by atoms with E-state index in [1.54, 1.807) is 13.2 Å². The predicted octanol–water partition coefficient (Wildman–Crippen LogP) is 5.32. The highest BCUT2D eigenvalue weighted by atomic mass is 16.5. The summed E-state index contributed by atoms with van der Waals surface area (Å²) in [6.45, 7) is 0.286. The molecule has 0 aliphatic carbocycles. The highest BCUT2D eigenvalue weighted by molar-refractivity contribution is 5.95. The maximum atomic E-state index is 14.3. The number of hydrogen-bond donors (Lipinski definition) is 2. The van der Waals surface area contributed by atoms with E-state index in [0.717, 1.165) is 16.7 Å². The van der Waals surface area contributed by atoms with Gasteiger partial charge in [-0.25, -0.2) is 0 Å². The Morgan fingerprint density at radius 2 is 1.45 bits per heavy atom. The smallest absolute Gasteiger partial charge is 0.321 e. The molecule has 192 valence electrons.